The molecule has 96 valence electrons. The summed E-state index contributed by atoms with van der Waals surface area (Å²) < 4.78 is 22.9. The van der Waals surface area contributed by atoms with Gasteiger partial charge in [0.15, 0.2) is 9.84 Å². The van der Waals surface area contributed by atoms with E-state index in [0.29, 0.717) is 12.2 Å². The first-order valence-corrected chi connectivity index (χ1v) is 7.61. The van der Waals surface area contributed by atoms with Gasteiger partial charge in [-0.05, 0) is 31.2 Å². The van der Waals surface area contributed by atoms with Gasteiger partial charge in [-0.1, -0.05) is 6.92 Å². The Bertz CT molecular complexity index is 440. The van der Waals surface area contributed by atoms with Crippen LogP contribution in [0.5, 0.6) is 0 Å². The number of rotatable bonds is 6. The number of sulfone groups is 1. The molecule has 0 heterocycles. The Morgan fingerprint density at radius 3 is 2.24 bits per heavy atom. The molecule has 0 bridgehead atoms. The zero-order valence-corrected chi connectivity index (χ0v) is 11.2. The number of benzene rings is 1. The van der Waals surface area contributed by atoms with Crippen LogP contribution in [-0.4, -0.2) is 33.0 Å². The zero-order valence-electron chi connectivity index (χ0n) is 10.4. The average Bonchev–Trinajstić information content (AvgIpc) is 2.32. The molecule has 4 nitrogen and oxygen atoms in total. The lowest BCUT2D eigenvalue weighted by Crippen LogP contribution is -2.29. The van der Waals surface area contributed by atoms with E-state index in [0.717, 1.165) is 12.2 Å². The molecule has 2 N–H and O–H groups in total. The van der Waals surface area contributed by atoms with Gasteiger partial charge in [0.1, 0.15) is 0 Å². The van der Waals surface area contributed by atoms with Gasteiger partial charge in [-0.3, -0.25) is 0 Å². The topological polar surface area (TPSA) is 63.4 Å². The molecule has 0 fully saturated rings. The summed E-state index contributed by atoms with van der Waals surface area (Å²) in [5, 5.41) is 0. The molecule has 17 heavy (non-hydrogen) atoms. The summed E-state index contributed by atoms with van der Waals surface area (Å²) >= 11 is 0. The van der Waals surface area contributed by atoms with E-state index < -0.39 is 9.84 Å². The Hall–Kier alpha value is -1.23. The van der Waals surface area contributed by atoms with E-state index in [-0.39, 0.29) is 11.5 Å². The van der Waals surface area contributed by atoms with Gasteiger partial charge in [-0.25, -0.2) is 8.42 Å². The Kier molecular flexibility index (Phi) is 4.81. The maximum atomic E-state index is 11.5. The van der Waals surface area contributed by atoms with Crippen molar-refractivity contribution in [2.75, 3.05) is 35.2 Å². The van der Waals surface area contributed by atoms with Crippen molar-refractivity contribution in [1.82, 2.24) is 0 Å². The summed E-state index contributed by atoms with van der Waals surface area (Å²) in [5.74, 6) is 0.397. The third-order valence-corrected chi connectivity index (χ3v) is 4.44. The van der Waals surface area contributed by atoms with Crippen LogP contribution in [0, 0.1) is 0 Å². The SMILES string of the molecule is CCN(CCS(=O)(=O)CC)c1ccc(N)cc1. The van der Waals surface area contributed by atoms with Gasteiger partial charge in [0.25, 0.3) is 0 Å². The van der Waals surface area contributed by atoms with Gasteiger partial charge in [0.05, 0.1) is 5.75 Å². The highest BCUT2D eigenvalue weighted by atomic mass is 32.2. The quantitative estimate of drug-likeness (QED) is 0.784. The van der Waals surface area contributed by atoms with Crippen LogP contribution >= 0.6 is 0 Å². The smallest absolute Gasteiger partial charge is 0.151 e. The first-order valence-electron chi connectivity index (χ1n) is 5.79. The number of anilines is 2. The van der Waals surface area contributed by atoms with Crippen LogP contribution in [0.25, 0.3) is 0 Å². The fraction of sp³-hybridized carbons (Fsp3) is 0.500. The van der Waals surface area contributed by atoms with Gasteiger partial charge in [0.2, 0.25) is 0 Å². The Labute approximate surface area is 103 Å². The number of nitrogens with two attached hydrogens (primary N) is 1. The van der Waals surface area contributed by atoms with E-state index in [4.69, 9.17) is 5.73 Å². The Morgan fingerprint density at radius 2 is 1.76 bits per heavy atom. The van der Waals surface area contributed by atoms with Crippen LogP contribution < -0.4 is 10.6 Å². The lowest BCUT2D eigenvalue weighted by molar-refractivity contribution is 0.596. The monoisotopic (exact) mass is 256 g/mol. The summed E-state index contributed by atoms with van der Waals surface area (Å²) in [6, 6.07) is 7.48. The van der Waals surface area contributed by atoms with Crippen molar-refractivity contribution in [2.45, 2.75) is 13.8 Å². The van der Waals surface area contributed by atoms with Gasteiger partial charge in [-0.2, -0.15) is 0 Å². The summed E-state index contributed by atoms with van der Waals surface area (Å²) in [7, 11) is -2.91. The van der Waals surface area contributed by atoms with E-state index in [9.17, 15) is 8.42 Å². The van der Waals surface area contributed by atoms with Crippen molar-refractivity contribution in [3.63, 3.8) is 0 Å². The van der Waals surface area contributed by atoms with Crippen LogP contribution in [0.15, 0.2) is 24.3 Å². The Balaban J connectivity index is 2.69. The van der Waals surface area contributed by atoms with Crippen molar-refractivity contribution >= 4 is 21.2 Å². The predicted octanol–water partition coefficient (Wildman–Crippen LogP) is 1.53. The first kappa shape index (κ1) is 13.8. The molecule has 1 aromatic rings. The van der Waals surface area contributed by atoms with Gasteiger partial charge in [-0.15, -0.1) is 0 Å². The molecule has 1 rings (SSSR count). The van der Waals surface area contributed by atoms with Crippen molar-refractivity contribution < 1.29 is 8.42 Å². The number of nitrogen functional groups attached to an aromatic ring is 1. The minimum atomic E-state index is -2.91. The lowest BCUT2D eigenvalue weighted by Gasteiger charge is -2.23. The van der Waals surface area contributed by atoms with Gasteiger partial charge in [0, 0.05) is 30.2 Å². The summed E-state index contributed by atoms with van der Waals surface area (Å²) in [5.41, 5.74) is 7.34. The predicted molar refractivity (Wildman–Crippen MR) is 73.1 cm³/mol. The van der Waals surface area contributed by atoms with Crippen LogP contribution in [-0.2, 0) is 9.84 Å². The zero-order chi connectivity index (χ0) is 12.9. The molecule has 0 radical (unpaired) electrons. The fourth-order valence-corrected chi connectivity index (χ4v) is 2.34. The third kappa shape index (κ3) is 4.26. The molecule has 0 aliphatic heterocycles. The molecule has 0 amide bonds. The second-order valence-electron chi connectivity index (χ2n) is 3.91. The van der Waals surface area contributed by atoms with Crippen molar-refractivity contribution in [2.24, 2.45) is 0 Å². The second kappa shape index (κ2) is 5.91. The summed E-state index contributed by atoms with van der Waals surface area (Å²) in [6.45, 7) is 4.99. The number of hydrogen-bond acceptors (Lipinski definition) is 4. The highest BCUT2D eigenvalue weighted by Gasteiger charge is 2.11. The normalized spacial score (nSPS) is 11.4. The molecule has 0 saturated heterocycles. The summed E-state index contributed by atoms with van der Waals surface area (Å²) in [4.78, 5) is 2.03. The molecular weight excluding hydrogens is 236 g/mol. The van der Waals surface area contributed by atoms with Crippen LogP contribution in [0.4, 0.5) is 11.4 Å². The number of nitrogens with zero attached hydrogens (tertiary/aromatic N) is 1. The molecule has 0 saturated carbocycles. The van der Waals surface area contributed by atoms with Crippen molar-refractivity contribution in [1.29, 1.82) is 0 Å². The molecule has 0 atom stereocenters. The number of hydrogen-bond donors (Lipinski definition) is 1. The molecule has 5 heteroatoms. The molecule has 0 aromatic heterocycles. The molecule has 0 spiro atoms. The first-order chi connectivity index (χ1) is 7.98. The molecule has 1 aromatic carbocycles. The van der Waals surface area contributed by atoms with Crippen molar-refractivity contribution in [3.05, 3.63) is 24.3 Å². The van der Waals surface area contributed by atoms with Gasteiger partial charge < -0.3 is 10.6 Å². The average molecular weight is 256 g/mol. The minimum Gasteiger partial charge on any atom is -0.399 e. The minimum absolute atomic E-state index is 0.196. The maximum Gasteiger partial charge on any atom is 0.151 e. The van der Waals surface area contributed by atoms with E-state index in [2.05, 4.69) is 0 Å². The van der Waals surface area contributed by atoms with E-state index in [1.54, 1.807) is 6.92 Å². The largest absolute Gasteiger partial charge is 0.399 e. The highest BCUT2D eigenvalue weighted by Crippen LogP contribution is 2.16. The Morgan fingerprint density at radius 1 is 1.18 bits per heavy atom. The van der Waals surface area contributed by atoms with E-state index in [1.165, 1.54) is 0 Å². The van der Waals surface area contributed by atoms with Crippen LogP contribution in [0.1, 0.15) is 13.8 Å². The fourth-order valence-electron chi connectivity index (χ4n) is 1.55. The van der Waals surface area contributed by atoms with E-state index in [1.807, 2.05) is 36.1 Å². The maximum absolute atomic E-state index is 11.5. The lowest BCUT2D eigenvalue weighted by atomic mass is 10.2. The van der Waals surface area contributed by atoms with Gasteiger partial charge >= 0.3 is 0 Å². The third-order valence-electron chi connectivity index (χ3n) is 2.75. The highest BCUT2D eigenvalue weighted by molar-refractivity contribution is 7.91. The second-order valence-corrected chi connectivity index (χ2v) is 6.38. The molecule has 0 aliphatic rings. The van der Waals surface area contributed by atoms with E-state index >= 15 is 0 Å². The molecule has 0 unspecified atom stereocenters. The van der Waals surface area contributed by atoms with Crippen molar-refractivity contribution in [3.8, 4) is 0 Å². The van der Waals surface area contributed by atoms with Crippen LogP contribution in [0.2, 0.25) is 0 Å². The molecular formula is C12H20N2O2S. The molecule has 0 aliphatic carbocycles. The standard InChI is InChI=1S/C12H20N2O2S/c1-3-14(9-10-17(15,16)4-2)12-7-5-11(13)6-8-12/h5-8H,3-4,9-10,13H2,1-2H3. The van der Waals surface area contributed by atoms with Crippen LogP contribution in [0.3, 0.4) is 0 Å². The summed E-state index contributed by atoms with van der Waals surface area (Å²) in [6.07, 6.45) is 0.